The third kappa shape index (κ3) is 4.15. The summed E-state index contributed by atoms with van der Waals surface area (Å²) in [6, 6.07) is 7.32. The summed E-state index contributed by atoms with van der Waals surface area (Å²) in [5.74, 6) is -1.86. The number of nitrogens with zero attached hydrogens (tertiary/aromatic N) is 3. The molecule has 0 radical (unpaired) electrons. The number of hydrogen-bond acceptors (Lipinski definition) is 5. The molecule has 2 aromatic carbocycles. The van der Waals surface area contributed by atoms with Crippen LogP contribution in [0.5, 0.6) is 0 Å². The zero-order chi connectivity index (χ0) is 23.3. The molecule has 32 heavy (non-hydrogen) atoms. The first-order chi connectivity index (χ1) is 14.9. The van der Waals surface area contributed by atoms with Gasteiger partial charge in [0, 0.05) is 28.8 Å². The van der Waals surface area contributed by atoms with E-state index in [1.807, 2.05) is 0 Å². The van der Waals surface area contributed by atoms with Crippen molar-refractivity contribution < 1.29 is 30.4 Å². The number of benzene rings is 2. The number of alkyl halides is 3. The molecule has 0 N–H and O–H groups in total. The van der Waals surface area contributed by atoms with Crippen LogP contribution in [-0.4, -0.2) is 29.4 Å². The Morgan fingerprint density at radius 2 is 1.75 bits per heavy atom. The molecule has 0 aliphatic heterocycles. The molecule has 0 saturated heterocycles. The van der Waals surface area contributed by atoms with Gasteiger partial charge in [0.1, 0.15) is 16.5 Å². The van der Waals surface area contributed by atoms with Crippen molar-refractivity contribution in [3.05, 3.63) is 70.7 Å². The van der Waals surface area contributed by atoms with E-state index in [0.717, 1.165) is 35.2 Å². The van der Waals surface area contributed by atoms with E-state index in [0.29, 0.717) is 11.8 Å². The largest absolute Gasteiger partial charge is 0.435 e. The van der Waals surface area contributed by atoms with Crippen LogP contribution in [0.1, 0.15) is 5.69 Å². The van der Waals surface area contributed by atoms with Crippen LogP contribution in [-0.2, 0) is 16.0 Å². The van der Waals surface area contributed by atoms with Gasteiger partial charge in [-0.05, 0) is 30.3 Å². The van der Waals surface area contributed by atoms with Crippen molar-refractivity contribution >= 4 is 21.2 Å². The average Bonchev–Trinajstić information content (AvgIpc) is 3.36. The summed E-state index contributed by atoms with van der Waals surface area (Å²) in [4.78, 5) is 3.40. The molecule has 0 unspecified atom stereocenters. The van der Waals surface area contributed by atoms with Crippen LogP contribution in [0.2, 0.25) is 0 Å². The highest BCUT2D eigenvalue weighted by molar-refractivity contribution is 7.90. The molecule has 0 spiro atoms. The van der Waals surface area contributed by atoms with Crippen LogP contribution in [0.15, 0.2) is 58.3 Å². The summed E-state index contributed by atoms with van der Waals surface area (Å²) in [5.41, 5.74) is 0.517. The van der Waals surface area contributed by atoms with Crippen molar-refractivity contribution in [1.82, 2.24) is 14.8 Å². The fraction of sp³-hybridized carbons (Fsp3) is 0.100. The number of aromatic nitrogens is 3. The van der Waals surface area contributed by atoms with Gasteiger partial charge in [-0.3, -0.25) is 0 Å². The van der Waals surface area contributed by atoms with E-state index in [1.165, 1.54) is 29.0 Å². The van der Waals surface area contributed by atoms with Crippen molar-refractivity contribution in [2.75, 3.05) is 6.26 Å². The summed E-state index contributed by atoms with van der Waals surface area (Å²) in [5, 5.41) is 5.13. The van der Waals surface area contributed by atoms with Gasteiger partial charge in [0.15, 0.2) is 15.5 Å². The summed E-state index contributed by atoms with van der Waals surface area (Å²) in [6.07, 6.45) is -4.01. The molecule has 0 bridgehead atoms. The van der Waals surface area contributed by atoms with Crippen LogP contribution >= 0.6 is 11.3 Å². The third-order valence-corrected chi connectivity index (χ3v) is 6.25. The van der Waals surface area contributed by atoms with Crippen molar-refractivity contribution in [3.63, 3.8) is 0 Å². The van der Waals surface area contributed by atoms with Gasteiger partial charge in [-0.25, -0.2) is 26.9 Å². The monoisotopic (exact) mass is 485 g/mol. The molecule has 0 aliphatic rings. The molecule has 0 amide bonds. The van der Waals surface area contributed by atoms with Gasteiger partial charge in [0.2, 0.25) is 0 Å². The zero-order valence-electron chi connectivity index (χ0n) is 16.1. The second-order valence-corrected chi connectivity index (χ2v) is 9.48. The van der Waals surface area contributed by atoms with Crippen LogP contribution < -0.4 is 0 Å². The van der Waals surface area contributed by atoms with E-state index in [-0.39, 0.29) is 22.5 Å². The second-order valence-electron chi connectivity index (χ2n) is 6.78. The molecule has 0 atom stereocenters. The molecule has 2 heterocycles. The highest BCUT2D eigenvalue weighted by atomic mass is 32.2. The minimum absolute atomic E-state index is 0.0528. The Labute approximate surface area is 182 Å². The minimum Gasteiger partial charge on any atom is -0.245 e. The molecule has 2 aromatic heterocycles. The van der Waals surface area contributed by atoms with Gasteiger partial charge in [-0.2, -0.15) is 18.3 Å². The first kappa shape index (κ1) is 22.1. The van der Waals surface area contributed by atoms with Crippen LogP contribution in [0.3, 0.4) is 0 Å². The molecule has 0 aliphatic carbocycles. The number of rotatable bonds is 4. The lowest BCUT2D eigenvalue weighted by atomic mass is 10.1. The van der Waals surface area contributed by atoms with E-state index >= 15 is 0 Å². The van der Waals surface area contributed by atoms with Gasteiger partial charge in [0.25, 0.3) is 0 Å². The lowest BCUT2D eigenvalue weighted by Crippen LogP contribution is -2.08. The molecule has 12 heteroatoms. The van der Waals surface area contributed by atoms with Gasteiger partial charge in [-0.1, -0.05) is 6.07 Å². The predicted octanol–water partition coefficient (Wildman–Crippen LogP) is 5.36. The minimum atomic E-state index is -4.82. The lowest BCUT2D eigenvalue weighted by Gasteiger charge is -2.10. The van der Waals surface area contributed by atoms with Crippen LogP contribution in [0, 0.1) is 11.6 Å². The standard InChI is InChI=1S/C20H12F5N3O2S2/c1-32(29,30)18-5-3-12(7-15(18)22)28-17(8-19(27-28)20(23,24)25)11-2-4-13(14(21)6-11)16-9-31-10-26-16/h2-10H,1H3. The van der Waals surface area contributed by atoms with E-state index in [4.69, 9.17) is 0 Å². The molecule has 0 saturated carbocycles. The van der Waals surface area contributed by atoms with Crippen molar-refractivity contribution in [3.8, 4) is 28.2 Å². The van der Waals surface area contributed by atoms with Crippen molar-refractivity contribution in [1.29, 1.82) is 0 Å². The highest BCUT2D eigenvalue weighted by Crippen LogP contribution is 2.35. The summed E-state index contributed by atoms with van der Waals surface area (Å²) in [7, 11) is -3.88. The van der Waals surface area contributed by atoms with Gasteiger partial charge >= 0.3 is 6.18 Å². The maximum Gasteiger partial charge on any atom is 0.435 e. The zero-order valence-corrected chi connectivity index (χ0v) is 17.7. The second kappa shape index (κ2) is 7.78. The fourth-order valence-electron chi connectivity index (χ4n) is 3.07. The van der Waals surface area contributed by atoms with Gasteiger partial charge < -0.3 is 0 Å². The van der Waals surface area contributed by atoms with E-state index < -0.39 is 38.2 Å². The molecule has 5 nitrogen and oxygen atoms in total. The quantitative estimate of drug-likeness (QED) is 0.365. The summed E-state index contributed by atoms with van der Waals surface area (Å²) < 4.78 is 93.1. The molecule has 4 aromatic rings. The van der Waals surface area contributed by atoms with Crippen LogP contribution in [0.4, 0.5) is 22.0 Å². The Kier molecular flexibility index (Phi) is 5.37. The Balaban J connectivity index is 1.88. The first-order valence-electron chi connectivity index (χ1n) is 8.81. The van der Waals surface area contributed by atoms with Gasteiger partial charge in [0.05, 0.1) is 22.6 Å². The average molecular weight is 485 g/mol. The maximum atomic E-state index is 14.7. The fourth-order valence-corrected chi connectivity index (χ4v) is 4.35. The molecule has 166 valence electrons. The lowest BCUT2D eigenvalue weighted by molar-refractivity contribution is -0.141. The molecule has 0 fully saturated rings. The number of thiazole rings is 1. The van der Waals surface area contributed by atoms with Crippen LogP contribution in [0.25, 0.3) is 28.2 Å². The van der Waals surface area contributed by atoms with E-state index in [2.05, 4.69) is 10.1 Å². The number of halogens is 5. The highest BCUT2D eigenvalue weighted by Gasteiger charge is 2.35. The smallest absolute Gasteiger partial charge is 0.245 e. The normalized spacial score (nSPS) is 12.3. The molecular weight excluding hydrogens is 473 g/mol. The first-order valence-corrected chi connectivity index (χ1v) is 11.6. The number of sulfone groups is 1. The molecular formula is C20H12F5N3O2S2. The Hall–Kier alpha value is -3.12. The Morgan fingerprint density at radius 1 is 1.00 bits per heavy atom. The Bertz CT molecular complexity index is 1410. The van der Waals surface area contributed by atoms with Gasteiger partial charge in [-0.15, -0.1) is 11.3 Å². The van der Waals surface area contributed by atoms with Crippen molar-refractivity contribution in [2.45, 2.75) is 11.1 Å². The van der Waals surface area contributed by atoms with E-state index in [9.17, 15) is 30.4 Å². The van der Waals surface area contributed by atoms with Crippen molar-refractivity contribution in [2.24, 2.45) is 0 Å². The summed E-state index contributed by atoms with van der Waals surface area (Å²) in [6.45, 7) is 0. The Morgan fingerprint density at radius 3 is 2.31 bits per heavy atom. The molecule has 4 rings (SSSR count). The van der Waals surface area contributed by atoms with E-state index in [1.54, 1.807) is 5.38 Å². The third-order valence-electron chi connectivity index (χ3n) is 4.53. The summed E-state index contributed by atoms with van der Waals surface area (Å²) >= 11 is 1.26. The SMILES string of the molecule is CS(=O)(=O)c1ccc(-n2nc(C(F)(F)F)cc2-c2ccc(-c3cscn3)c(F)c2)cc1F. The predicted molar refractivity (Wildman–Crippen MR) is 108 cm³/mol. The maximum absolute atomic E-state index is 14.7. The topological polar surface area (TPSA) is 64.8 Å². The number of hydrogen-bond donors (Lipinski definition) is 0.